The van der Waals surface area contributed by atoms with Crippen LogP contribution in [0.1, 0.15) is 16.3 Å². The molecule has 10 heteroatoms. The van der Waals surface area contributed by atoms with Crippen LogP contribution >= 0.6 is 35.3 Å². The Hall–Kier alpha value is -0.620. The van der Waals surface area contributed by atoms with Gasteiger partial charge in [0.1, 0.15) is 0 Å². The molecule has 1 aliphatic rings. The van der Waals surface area contributed by atoms with E-state index in [1.54, 1.807) is 24.6 Å². The monoisotopic (exact) mass is 463 g/mol. The molecule has 1 aliphatic heterocycles. The molecule has 1 atom stereocenters. The second kappa shape index (κ2) is 9.02. The summed E-state index contributed by atoms with van der Waals surface area (Å²) in [4.78, 5) is 10.8. The maximum Gasteiger partial charge on any atom is 0.401 e. The summed E-state index contributed by atoms with van der Waals surface area (Å²) in [7, 11) is 1.65. The Morgan fingerprint density at radius 3 is 2.83 bits per heavy atom. The fourth-order valence-electron chi connectivity index (χ4n) is 2.39. The van der Waals surface area contributed by atoms with E-state index >= 15 is 0 Å². The third-order valence-corrected chi connectivity index (χ3v) is 4.25. The average Bonchev–Trinajstić information content (AvgIpc) is 3.02. The highest BCUT2D eigenvalue weighted by Gasteiger charge is 2.34. The Morgan fingerprint density at radius 2 is 2.26 bits per heavy atom. The lowest BCUT2D eigenvalue weighted by Gasteiger charge is -2.19. The van der Waals surface area contributed by atoms with Crippen LogP contribution in [-0.2, 0) is 6.54 Å². The molecule has 2 heterocycles. The van der Waals surface area contributed by atoms with Gasteiger partial charge in [-0.2, -0.15) is 13.2 Å². The molecule has 0 radical (unpaired) electrons. The third kappa shape index (κ3) is 7.21. The predicted molar refractivity (Wildman–Crippen MR) is 96.5 cm³/mol. The standard InChI is InChI=1S/C13H20F3N5S.HI/c1-9-18-5-11(22-9)6-19-12(17-2)20-10-3-4-21(7-10)8-13(14,15)16;/h5,10H,3-4,6-8H2,1-2H3,(H2,17,19,20);1H. The largest absolute Gasteiger partial charge is 0.401 e. The molecule has 0 amide bonds. The number of halogens is 4. The Morgan fingerprint density at radius 1 is 1.52 bits per heavy atom. The molecule has 2 rings (SSSR count). The Balaban J connectivity index is 0.00000264. The van der Waals surface area contributed by atoms with E-state index in [2.05, 4.69) is 20.6 Å². The van der Waals surface area contributed by atoms with Crippen molar-refractivity contribution in [2.75, 3.05) is 26.7 Å². The first kappa shape index (κ1) is 20.4. The second-order valence-corrected chi connectivity index (χ2v) is 6.57. The number of likely N-dealkylation sites (tertiary alicyclic amines) is 1. The number of thiazole rings is 1. The van der Waals surface area contributed by atoms with Crippen LogP contribution in [0.15, 0.2) is 11.2 Å². The molecule has 0 saturated carbocycles. The number of aromatic nitrogens is 1. The fourth-order valence-corrected chi connectivity index (χ4v) is 3.13. The summed E-state index contributed by atoms with van der Waals surface area (Å²) in [6.07, 6.45) is -1.66. The zero-order chi connectivity index (χ0) is 16.2. The summed E-state index contributed by atoms with van der Waals surface area (Å²) in [5.74, 6) is 0.602. The first-order chi connectivity index (χ1) is 10.4. The molecule has 1 unspecified atom stereocenters. The van der Waals surface area contributed by atoms with Crippen LogP contribution in [0, 0.1) is 6.92 Å². The number of guanidine groups is 1. The Kier molecular flexibility index (Phi) is 8.01. The van der Waals surface area contributed by atoms with Gasteiger partial charge in [-0.3, -0.25) is 9.89 Å². The third-order valence-electron chi connectivity index (χ3n) is 3.34. The number of rotatable bonds is 4. The van der Waals surface area contributed by atoms with Crippen molar-refractivity contribution < 1.29 is 13.2 Å². The lowest BCUT2D eigenvalue weighted by atomic mass is 10.3. The van der Waals surface area contributed by atoms with Crippen LogP contribution in [0.5, 0.6) is 0 Å². The number of alkyl halides is 3. The first-order valence-corrected chi connectivity index (χ1v) is 7.85. The van der Waals surface area contributed by atoms with Crippen LogP contribution in [0.3, 0.4) is 0 Å². The van der Waals surface area contributed by atoms with Crippen molar-refractivity contribution in [3.05, 3.63) is 16.1 Å². The van der Waals surface area contributed by atoms with Gasteiger partial charge in [-0.15, -0.1) is 35.3 Å². The number of nitrogens with zero attached hydrogens (tertiary/aromatic N) is 3. The molecule has 1 fully saturated rings. The van der Waals surface area contributed by atoms with Gasteiger partial charge >= 0.3 is 6.18 Å². The van der Waals surface area contributed by atoms with E-state index in [9.17, 15) is 13.2 Å². The molecular weight excluding hydrogens is 442 g/mol. The van der Waals surface area contributed by atoms with Gasteiger partial charge in [0.05, 0.1) is 18.1 Å². The average molecular weight is 463 g/mol. The predicted octanol–water partition coefficient (Wildman–Crippen LogP) is 2.37. The lowest BCUT2D eigenvalue weighted by molar-refractivity contribution is -0.143. The molecule has 0 aromatic carbocycles. The van der Waals surface area contributed by atoms with Crippen molar-refractivity contribution in [1.29, 1.82) is 0 Å². The summed E-state index contributed by atoms with van der Waals surface area (Å²) in [6.45, 7) is 2.51. The van der Waals surface area contributed by atoms with Crippen LogP contribution in [0.4, 0.5) is 13.2 Å². The lowest BCUT2D eigenvalue weighted by Crippen LogP contribution is -2.44. The minimum atomic E-state index is -4.14. The molecular formula is C13H21F3IN5S. The highest BCUT2D eigenvalue weighted by molar-refractivity contribution is 14.0. The van der Waals surface area contributed by atoms with Crippen molar-refractivity contribution in [3.8, 4) is 0 Å². The number of nitrogens with one attached hydrogen (secondary N) is 2. The summed E-state index contributed by atoms with van der Waals surface area (Å²) in [5.41, 5.74) is 0. The van der Waals surface area contributed by atoms with E-state index in [0.29, 0.717) is 32.0 Å². The topological polar surface area (TPSA) is 52.6 Å². The highest BCUT2D eigenvalue weighted by atomic mass is 127. The number of aliphatic imine (C=N–C) groups is 1. The molecule has 0 aliphatic carbocycles. The van der Waals surface area contributed by atoms with Gasteiger partial charge in [-0.25, -0.2) is 4.98 Å². The van der Waals surface area contributed by atoms with Gasteiger partial charge in [-0.05, 0) is 13.3 Å². The van der Waals surface area contributed by atoms with Crippen molar-refractivity contribution in [1.82, 2.24) is 20.5 Å². The summed E-state index contributed by atoms with van der Waals surface area (Å²) >= 11 is 1.60. The maximum absolute atomic E-state index is 12.4. The summed E-state index contributed by atoms with van der Waals surface area (Å²) in [5, 5.41) is 7.33. The van der Waals surface area contributed by atoms with Gasteiger partial charge in [0.15, 0.2) is 5.96 Å². The van der Waals surface area contributed by atoms with E-state index in [1.165, 1.54) is 4.90 Å². The van der Waals surface area contributed by atoms with Crippen molar-refractivity contribution in [2.24, 2.45) is 4.99 Å². The molecule has 2 N–H and O–H groups in total. The molecule has 1 aromatic heterocycles. The van der Waals surface area contributed by atoms with Gasteiger partial charge < -0.3 is 10.6 Å². The van der Waals surface area contributed by atoms with Gasteiger partial charge in [0.2, 0.25) is 0 Å². The van der Waals surface area contributed by atoms with E-state index < -0.39 is 12.7 Å². The zero-order valence-electron chi connectivity index (χ0n) is 13.0. The van der Waals surface area contributed by atoms with Crippen LogP contribution < -0.4 is 10.6 Å². The Bertz CT molecular complexity index is 520. The number of aryl methyl sites for hydroxylation is 1. The van der Waals surface area contributed by atoms with Crippen molar-refractivity contribution >= 4 is 41.3 Å². The fraction of sp³-hybridized carbons (Fsp3) is 0.692. The van der Waals surface area contributed by atoms with Crippen LogP contribution in [0.25, 0.3) is 0 Å². The smallest absolute Gasteiger partial charge is 0.352 e. The molecule has 1 aromatic rings. The van der Waals surface area contributed by atoms with Crippen LogP contribution in [0.2, 0.25) is 0 Å². The van der Waals surface area contributed by atoms with Gasteiger partial charge in [0.25, 0.3) is 0 Å². The van der Waals surface area contributed by atoms with E-state index in [1.807, 2.05) is 6.92 Å². The number of hydrogen-bond acceptors (Lipinski definition) is 4. The van der Waals surface area contributed by atoms with E-state index in [-0.39, 0.29) is 30.0 Å². The second-order valence-electron chi connectivity index (χ2n) is 5.25. The minimum Gasteiger partial charge on any atom is -0.352 e. The quantitative estimate of drug-likeness (QED) is 0.409. The molecule has 1 saturated heterocycles. The highest BCUT2D eigenvalue weighted by Crippen LogP contribution is 2.19. The Labute approximate surface area is 154 Å². The summed E-state index contributed by atoms with van der Waals surface area (Å²) in [6, 6.07) is -0.0169. The van der Waals surface area contributed by atoms with Crippen molar-refractivity contribution in [3.63, 3.8) is 0 Å². The number of hydrogen-bond donors (Lipinski definition) is 2. The SMILES string of the molecule is CN=C(NCc1cnc(C)s1)NC1CCN(CC(F)(F)F)C1.I. The maximum atomic E-state index is 12.4. The van der Waals surface area contributed by atoms with Gasteiger partial charge in [-0.1, -0.05) is 0 Å². The molecule has 0 bridgehead atoms. The van der Waals surface area contributed by atoms with Gasteiger partial charge in [0, 0.05) is 37.3 Å². The molecule has 5 nitrogen and oxygen atoms in total. The molecule has 23 heavy (non-hydrogen) atoms. The van der Waals surface area contributed by atoms with Crippen molar-refractivity contribution in [2.45, 2.75) is 32.1 Å². The minimum absolute atomic E-state index is 0. The summed E-state index contributed by atoms with van der Waals surface area (Å²) < 4.78 is 37.1. The molecule has 0 spiro atoms. The van der Waals surface area contributed by atoms with Crippen LogP contribution in [-0.4, -0.2) is 54.7 Å². The zero-order valence-corrected chi connectivity index (χ0v) is 16.1. The van der Waals surface area contributed by atoms with E-state index in [4.69, 9.17) is 0 Å². The molecule has 132 valence electrons. The van der Waals surface area contributed by atoms with E-state index in [0.717, 1.165) is 9.88 Å². The first-order valence-electron chi connectivity index (χ1n) is 7.03. The normalized spacial score (nSPS) is 19.5.